The normalized spacial score (nSPS) is 11.8. The van der Waals surface area contributed by atoms with Crippen LogP contribution in [0.3, 0.4) is 0 Å². The van der Waals surface area contributed by atoms with Crippen molar-refractivity contribution in [2.75, 3.05) is 0 Å². The molecule has 0 radical (unpaired) electrons. The molecule has 0 spiro atoms. The minimum atomic E-state index is 0.00458. The van der Waals surface area contributed by atoms with Gasteiger partial charge in [0, 0.05) is 18.9 Å². The van der Waals surface area contributed by atoms with Gasteiger partial charge in [-0.25, -0.2) is 0 Å². The van der Waals surface area contributed by atoms with E-state index >= 15 is 0 Å². The third kappa shape index (κ3) is 2.03. The highest BCUT2D eigenvalue weighted by molar-refractivity contribution is 5.92. The fraction of sp³-hybridized carbons (Fsp3) is 0.636. The molecule has 1 rings (SSSR count). The van der Waals surface area contributed by atoms with E-state index in [1.807, 2.05) is 13.0 Å². The Balaban J connectivity index is 3.20. The first kappa shape index (κ1) is 11.0. The van der Waals surface area contributed by atoms with Gasteiger partial charge in [-0.3, -0.25) is 9.48 Å². The smallest absolute Gasteiger partial charge is 0.177 e. The predicted octanol–water partition coefficient (Wildman–Crippen LogP) is 2.40. The lowest BCUT2D eigenvalue weighted by atomic mass is 9.92. The summed E-state index contributed by atoms with van der Waals surface area (Å²) < 4.78 is 1.77. The molecule has 0 bridgehead atoms. The summed E-state index contributed by atoms with van der Waals surface area (Å²) in [5.74, 6) is 0.0786. The maximum absolute atomic E-state index is 11.3. The number of ketones is 1. The summed E-state index contributed by atoms with van der Waals surface area (Å²) in [6.45, 7) is 10.6. The molecule has 0 fully saturated rings. The van der Waals surface area contributed by atoms with Gasteiger partial charge in [0.05, 0.1) is 5.69 Å². The lowest BCUT2D eigenvalue weighted by Crippen LogP contribution is -2.12. The van der Waals surface area contributed by atoms with Crippen LogP contribution in [0.4, 0.5) is 0 Å². The van der Waals surface area contributed by atoms with Crippen LogP contribution in [-0.2, 0) is 12.0 Å². The Hall–Kier alpha value is -1.12. The van der Waals surface area contributed by atoms with Crippen LogP contribution < -0.4 is 0 Å². The number of rotatable bonds is 2. The van der Waals surface area contributed by atoms with Gasteiger partial charge in [0.1, 0.15) is 5.69 Å². The van der Waals surface area contributed by atoms with E-state index in [9.17, 15) is 4.79 Å². The van der Waals surface area contributed by atoms with Crippen LogP contribution in [0.25, 0.3) is 0 Å². The van der Waals surface area contributed by atoms with Crippen molar-refractivity contribution in [2.24, 2.45) is 0 Å². The van der Waals surface area contributed by atoms with E-state index in [4.69, 9.17) is 0 Å². The molecule has 0 N–H and O–H groups in total. The molecule has 0 aromatic carbocycles. The fourth-order valence-electron chi connectivity index (χ4n) is 1.31. The maximum Gasteiger partial charge on any atom is 0.177 e. The number of hydrogen-bond donors (Lipinski definition) is 0. The molecule has 3 heteroatoms. The van der Waals surface area contributed by atoms with E-state index in [0.29, 0.717) is 5.69 Å². The molecule has 1 aromatic rings. The topological polar surface area (TPSA) is 34.9 Å². The summed E-state index contributed by atoms with van der Waals surface area (Å²) >= 11 is 0. The van der Waals surface area contributed by atoms with Crippen molar-refractivity contribution in [1.29, 1.82) is 0 Å². The third-order valence-corrected chi connectivity index (χ3v) is 2.21. The quantitative estimate of drug-likeness (QED) is 0.678. The van der Waals surface area contributed by atoms with Gasteiger partial charge < -0.3 is 0 Å². The highest BCUT2D eigenvalue weighted by atomic mass is 16.1. The van der Waals surface area contributed by atoms with Gasteiger partial charge in [-0.05, 0) is 13.0 Å². The van der Waals surface area contributed by atoms with E-state index in [1.165, 1.54) is 0 Å². The molecule has 14 heavy (non-hydrogen) atoms. The number of carbonyl (C=O) groups is 1. The Morgan fingerprint density at radius 3 is 2.36 bits per heavy atom. The molecule has 1 heterocycles. The first-order valence-corrected chi connectivity index (χ1v) is 4.95. The Morgan fingerprint density at radius 2 is 2.07 bits per heavy atom. The van der Waals surface area contributed by atoms with Crippen molar-refractivity contribution in [3.8, 4) is 0 Å². The molecular weight excluding hydrogens is 176 g/mol. The number of nitrogens with zero attached hydrogens (tertiary/aromatic N) is 2. The van der Waals surface area contributed by atoms with E-state index < -0.39 is 0 Å². The first-order chi connectivity index (χ1) is 6.36. The van der Waals surface area contributed by atoms with Gasteiger partial charge >= 0.3 is 0 Å². The van der Waals surface area contributed by atoms with E-state index in [0.717, 1.165) is 12.2 Å². The maximum atomic E-state index is 11.3. The van der Waals surface area contributed by atoms with Crippen LogP contribution in [0.15, 0.2) is 6.07 Å². The van der Waals surface area contributed by atoms with Crippen molar-refractivity contribution in [3.63, 3.8) is 0 Å². The van der Waals surface area contributed by atoms with Crippen molar-refractivity contribution < 1.29 is 4.79 Å². The highest BCUT2D eigenvalue weighted by Gasteiger charge is 2.20. The minimum Gasteiger partial charge on any atom is -0.293 e. The summed E-state index contributed by atoms with van der Waals surface area (Å²) in [6.07, 6.45) is 0. The van der Waals surface area contributed by atoms with Crippen LogP contribution in [-0.4, -0.2) is 15.6 Å². The second kappa shape index (κ2) is 3.56. The highest BCUT2D eigenvalue weighted by Crippen LogP contribution is 2.21. The summed E-state index contributed by atoms with van der Waals surface area (Å²) in [4.78, 5) is 11.3. The zero-order chi connectivity index (χ0) is 10.9. The summed E-state index contributed by atoms with van der Waals surface area (Å²) in [6, 6.07) is 1.89. The Morgan fingerprint density at radius 1 is 1.50 bits per heavy atom. The van der Waals surface area contributed by atoms with E-state index in [1.54, 1.807) is 11.6 Å². The van der Waals surface area contributed by atoms with Crippen LogP contribution in [0.1, 0.15) is 50.8 Å². The first-order valence-electron chi connectivity index (χ1n) is 4.95. The summed E-state index contributed by atoms with van der Waals surface area (Å²) in [5, 5.41) is 4.42. The zero-order valence-electron chi connectivity index (χ0n) is 9.59. The number of Topliss-reactive ketones (excluding diaryl/α,β-unsaturated/α-hetero) is 1. The average Bonchev–Trinajstić information content (AvgIpc) is 2.45. The number of aromatic nitrogens is 2. The second-order valence-corrected chi connectivity index (χ2v) is 4.54. The molecule has 0 amide bonds. The van der Waals surface area contributed by atoms with Gasteiger partial charge in [0.2, 0.25) is 0 Å². The van der Waals surface area contributed by atoms with Gasteiger partial charge in [-0.2, -0.15) is 5.10 Å². The SMILES string of the molecule is CCn1nc(C(C)(C)C)cc1C(C)=O. The zero-order valence-corrected chi connectivity index (χ0v) is 9.59. The molecule has 78 valence electrons. The van der Waals surface area contributed by atoms with Crippen molar-refractivity contribution in [3.05, 3.63) is 17.5 Å². The van der Waals surface area contributed by atoms with E-state index in [-0.39, 0.29) is 11.2 Å². The number of carbonyl (C=O) groups excluding carboxylic acids is 1. The molecule has 1 aromatic heterocycles. The van der Waals surface area contributed by atoms with E-state index in [2.05, 4.69) is 25.9 Å². The van der Waals surface area contributed by atoms with Crippen molar-refractivity contribution in [1.82, 2.24) is 9.78 Å². The largest absolute Gasteiger partial charge is 0.293 e. The summed E-state index contributed by atoms with van der Waals surface area (Å²) in [7, 11) is 0. The van der Waals surface area contributed by atoms with Gasteiger partial charge in [0.15, 0.2) is 5.78 Å². The van der Waals surface area contributed by atoms with Gasteiger partial charge in [-0.1, -0.05) is 20.8 Å². The molecule has 0 aliphatic rings. The lowest BCUT2D eigenvalue weighted by Gasteiger charge is -2.13. The van der Waals surface area contributed by atoms with Crippen LogP contribution in [0.5, 0.6) is 0 Å². The number of hydrogen-bond acceptors (Lipinski definition) is 2. The fourth-order valence-corrected chi connectivity index (χ4v) is 1.31. The molecule has 0 saturated heterocycles. The monoisotopic (exact) mass is 194 g/mol. The summed E-state index contributed by atoms with van der Waals surface area (Å²) in [5.41, 5.74) is 1.69. The Labute approximate surface area is 85.1 Å². The Bertz CT molecular complexity index is 345. The lowest BCUT2D eigenvalue weighted by molar-refractivity contribution is 0.100. The van der Waals surface area contributed by atoms with Crippen molar-refractivity contribution >= 4 is 5.78 Å². The molecule has 0 saturated carbocycles. The predicted molar refractivity (Wildman–Crippen MR) is 56.6 cm³/mol. The molecule has 0 aliphatic heterocycles. The van der Waals surface area contributed by atoms with Gasteiger partial charge in [-0.15, -0.1) is 0 Å². The molecule has 0 unspecified atom stereocenters. The molecule has 3 nitrogen and oxygen atoms in total. The van der Waals surface area contributed by atoms with Crippen LogP contribution >= 0.6 is 0 Å². The van der Waals surface area contributed by atoms with Crippen molar-refractivity contribution in [2.45, 2.75) is 46.6 Å². The van der Waals surface area contributed by atoms with Crippen LogP contribution in [0, 0.1) is 0 Å². The second-order valence-electron chi connectivity index (χ2n) is 4.54. The van der Waals surface area contributed by atoms with Gasteiger partial charge in [0.25, 0.3) is 0 Å². The molecule has 0 atom stereocenters. The molecule has 0 aliphatic carbocycles. The average molecular weight is 194 g/mol. The molecular formula is C11H18N2O. The Kier molecular flexibility index (Phi) is 2.79. The minimum absolute atomic E-state index is 0.00458. The number of aryl methyl sites for hydroxylation is 1. The van der Waals surface area contributed by atoms with Crippen LogP contribution in [0.2, 0.25) is 0 Å². The standard InChI is InChI=1S/C11H18N2O/c1-6-13-9(8(2)14)7-10(12-13)11(3,4)5/h7H,6H2,1-5H3. The third-order valence-electron chi connectivity index (χ3n) is 2.21.